The van der Waals surface area contributed by atoms with Crippen molar-refractivity contribution in [3.63, 3.8) is 0 Å². The number of nitrogens with zero attached hydrogens (tertiary/aromatic N) is 1. The minimum absolute atomic E-state index is 0.0759. The molecule has 3 rings (SSSR count). The Labute approximate surface area is 107 Å². The fourth-order valence-corrected chi connectivity index (χ4v) is 6.13. The maximum atomic E-state index is 12.5. The molecule has 1 aromatic heterocycles. The van der Waals surface area contributed by atoms with E-state index in [1.807, 2.05) is 5.38 Å². The Morgan fingerprint density at radius 3 is 2.59 bits per heavy atom. The van der Waals surface area contributed by atoms with E-state index in [9.17, 15) is 8.42 Å². The van der Waals surface area contributed by atoms with Crippen LogP contribution < -0.4 is 0 Å². The molecular weight excluding hydrogens is 254 g/mol. The van der Waals surface area contributed by atoms with Gasteiger partial charge in [-0.1, -0.05) is 6.07 Å². The molecular formula is C12H17NO2S2. The Kier molecular flexibility index (Phi) is 2.61. The van der Waals surface area contributed by atoms with Crippen molar-refractivity contribution in [2.45, 2.75) is 41.9 Å². The number of hydrogen-bond donors (Lipinski definition) is 0. The molecule has 1 heterocycles. The minimum atomic E-state index is -3.27. The SMILES string of the molecule is CN(C12CCC(CC1)C2)S(=O)(=O)c1cccs1. The summed E-state index contributed by atoms with van der Waals surface area (Å²) in [5.41, 5.74) is -0.0759. The summed E-state index contributed by atoms with van der Waals surface area (Å²) in [7, 11) is -1.50. The van der Waals surface area contributed by atoms with Gasteiger partial charge in [-0.15, -0.1) is 11.3 Å². The molecule has 0 spiro atoms. The predicted octanol–water partition coefficient (Wildman–Crippen LogP) is 2.70. The third kappa shape index (κ3) is 1.67. The molecule has 0 atom stereocenters. The van der Waals surface area contributed by atoms with E-state index >= 15 is 0 Å². The zero-order valence-corrected chi connectivity index (χ0v) is 11.6. The summed E-state index contributed by atoms with van der Waals surface area (Å²) in [6.07, 6.45) is 5.54. The molecule has 0 unspecified atom stereocenters. The van der Waals surface area contributed by atoms with E-state index in [-0.39, 0.29) is 5.54 Å². The standard InChI is InChI=1S/C12H17NO2S2/c1-13(12-6-4-10(9-12)5-7-12)17(14,15)11-3-2-8-16-11/h2-3,8,10H,4-7,9H2,1H3. The quantitative estimate of drug-likeness (QED) is 0.847. The second-order valence-corrected chi connectivity index (χ2v) is 8.42. The molecule has 0 saturated heterocycles. The van der Waals surface area contributed by atoms with Crippen LogP contribution in [0.3, 0.4) is 0 Å². The predicted molar refractivity (Wildman–Crippen MR) is 68.6 cm³/mol. The summed E-state index contributed by atoms with van der Waals surface area (Å²) < 4.78 is 27.1. The Bertz CT molecular complexity index is 499. The van der Waals surface area contributed by atoms with Gasteiger partial charge in [-0.3, -0.25) is 0 Å². The monoisotopic (exact) mass is 271 g/mol. The van der Waals surface area contributed by atoms with Gasteiger partial charge in [0.2, 0.25) is 0 Å². The molecule has 17 heavy (non-hydrogen) atoms. The molecule has 0 N–H and O–H groups in total. The van der Waals surface area contributed by atoms with Crippen LogP contribution in [0.1, 0.15) is 32.1 Å². The van der Waals surface area contributed by atoms with E-state index < -0.39 is 10.0 Å². The van der Waals surface area contributed by atoms with Crippen LogP contribution in [0.4, 0.5) is 0 Å². The number of rotatable bonds is 3. The van der Waals surface area contributed by atoms with Crippen molar-refractivity contribution >= 4 is 21.4 Å². The van der Waals surface area contributed by atoms with Crippen LogP contribution in [0.25, 0.3) is 0 Å². The summed E-state index contributed by atoms with van der Waals surface area (Å²) in [4.78, 5) is 0. The van der Waals surface area contributed by atoms with Crippen LogP contribution in [0.2, 0.25) is 0 Å². The number of fused-ring (bicyclic) bond motifs is 2. The second-order valence-electron chi connectivity index (χ2n) is 5.28. The molecule has 94 valence electrons. The zero-order chi connectivity index (χ0) is 12.1. The molecule has 0 amide bonds. The van der Waals surface area contributed by atoms with Gasteiger partial charge in [0.15, 0.2) is 0 Å². The van der Waals surface area contributed by atoms with Crippen LogP contribution in [0, 0.1) is 5.92 Å². The van der Waals surface area contributed by atoms with Gasteiger partial charge in [-0.05, 0) is 49.5 Å². The Morgan fingerprint density at radius 1 is 1.41 bits per heavy atom. The molecule has 2 bridgehead atoms. The number of sulfonamides is 1. The molecule has 0 aliphatic heterocycles. The number of hydrogen-bond acceptors (Lipinski definition) is 3. The first-order valence-electron chi connectivity index (χ1n) is 6.07. The lowest BCUT2D eigenvalue weighted by Crippen LogP contribution is -2.46. The largest absolute Gasteiger partial charge is 0.252 e. The first-order valence-corrected chi connectivity index (χ1v) is 8.39. The first kappa shape index (κ1) is 11.7. The zero-order valence-electron chi connectivity index (χ0n) is 9.93. The fourth-order valence-electron chi connectivity index (χ4n) is 3.40. The van der Waals surface area contributed by atoms with Gasteiger partial charge in [0.1, 0.15) is 4.21 Å². The normalized spacial score (nSPS) is 32.5. The molecule has 2 aliphatic rings. The summed E-state index contributed by atoms with van der Waals surface area (Å²) >= 11 is 1.31. The highest BCUT2D eigenvalue weighted by atomic mass is 32.2. The average Bonchev–Trinajstić information content (AvgIpc) is 3.04. The highest BCUT2D eigenvalue weighted by Gasteiger charge is 2.51. The third-order valence-electron chi connectivity index (χ3n) is 4.48. The Morgan fingerprint density at radius 2 is 2.12 bits per heavy atom. The highest BCUT2D eigenvalue weighted by Crippen LogP contribution is 2.52. The van der Waals surface area contributed by atoms with Crippen molar-refractivity contribution < 1.29 is 8.42 Å². The van der Waals surface area contributed by atoms with Crippen LogP contribution in [-0.2, 0) is 10.0 Å². The Hall–Kier alpha value is -0.390. The lowest BCUT2D eigenvalue weighted by molar-refractivity contribution is 0.223. The molecule has 5 heteroatoms. The minimum Gasteiger partial charge on any atom is -0.206 e. The van der Waals surface area contributed by atoms with Crippen molar-refractivity contribution in [2.24, 2.45) is 5.92 Å². The maximum Gasteiger partial charge on any atom is 0.252 e. The van der Waals surface area contributed by atoms with E-state index in [1.54, 1.807) is 23.5 Å². The van der Waals surface area contributed by atoms with E-state index in [0.717, 1.165) is 25.2 Å². The summed E-state index contributed by atoms with van der Waals surface area (Å²) in [5, 5.41) is 1.82. The van der Waals surface area contributed by atoms with Gasteiger partial charge >= 0.3 is 0 Å². The van der Waals surface area contributed by atoms with Crippen LogP contribution in [-0.4, -0.2) is 25.3 Å². The smallest absolute Gasteiger partial charge is 0.206 e. The van der Waals surface area contributed by atoms with E-state index in [2.05, 4.69) is 0 Å². The van der Waals surface area contributed by atoms with Crippen LogP contribution in [0.15, 0.2) is 21.7 Å². The summed E-state index contributed by atoms with van der Waals surface area (Å²) in [5.74, 6) is 0.760. The summed E-state index contributed by atoms with van der Waals surface area (Å²) in [6.45, 7) is 0. The maximum absolute atomic E-state index is 12.5. The highest BCUT2D eigenvalue weighted by molar-refractivity contribution is 7.91. The van der Waals surface area contributed by atoms with Crippen molar-refractivity contribution in [3.05, 3.63) is 17.5 Å². The molecule has 3 nitrogen and oxygen atoms in total. The fraction of sp³-hybridized carbons (Fsp3) is 0.667. The van der Waals surface area contributed by atoms with Gasteiger partial charge in [0.25, 0.3) is 10.0 Å². The van der Waals surface area contributed by atoms with Crippen LogP contribution >= 0.6 is 11.3 Å². The van der Waals surface area contributed by atoms with Gasteiger partial charge in [-0.2, -0.15) is 4.31 Å². The van der Waals surface area contributed by atoms with Gasteiger partial charge in [0, 0.05) is 12.6 Å². The van der Waals surface area contributed by atoms with Crippen molar-refractivity contribution in [1.29, 1.82) is 0 Å². The number of thiophene rings is 1. The van der Waals surface area contributed by atoms with E-state index in [1.165, 1.54) is 24.2 Å². The first-order chi connectivity index (χ1) is 8.05. The van der Waals surface area contributed by atoms with E-state index in [0.29, 0.717) is 4.21 Å². The van der Waals surface area contributed by atoms with Crippen molar-refractivity contribution in [2.75, 3.05) is 7.05 Å². The Balaban J connectivity index is 1.95. The van der Waals surface area contributed by atoms with E-state index in [4.69, 9.17) is 0 Å². The molecule has 2 aliphatic carbocycles. The van der Waals surface area contributed by atoms with Gasteiger partial charge < -0.3 is 0 Å². The third-order valence-corrected chi connectivity index (χ3v) is 7.82. The molecule has 2 saturated carbocycles. The molecule has 0 radical (unpaired) electrons. The topological polar surface area (TPSA) is 37.4 Å². The lowest BCUT2D eigenvalue weighted by Gasteiger charge is -2.35. The van der Waals surface area contributed by atoms with Crippen molar-refractivity contribution in [3.8, 4) is 0 Å². The average molecular weight is 271 g/mol. The lowest BCUT2D eigenvalue weighted by atomic mass is 9.94. The molecule has 2 fully saturated rings. The molecule has 1 aromatic rings. The van der Waals surface area contributed by atoms with Crippen molar-refractivity contribution in [1.82, 2.24) is 4.31 Å². The van der Waals surface area contributed by atoms with Gasteiger partial charge in [0.05, 0.1) is 0 Å². The van der Waals surface area contributed by atoms with Crippen LogP contribution in [0.5, 0.6) is 0 Å². The van der Waals surface area contributed by atoms with Gasteiger partial charge in [-0.25, -0.2) is 8.42 Å². The second kappa shape index (κ2) is 3.80. The molecule has 0 aromatic carbocycles. The summed E-state index contributed by atoms with van der Waals surface area (Å²) in [6, 6.07) is 3.50.